The molecule has 1 fully saturated rings. The summed E-state index contributed by atoms with van der Waals surface area (Å²) in [7, 11) is 1.55. The molecule has 1 heterocycles. The first-order valence-electron chi connectivity index (χ1n) is 9.18. The van der Waals surface area contributed by atoms with Gasteiger partial charge in [-0.1, -0.05) is 28.1 Å². The quantitative estimate of drug-likeness (QED) is 0.637. The molecule has 156 valence electrons. The number of rotatable bonds is 5. The molecular weight excluding hydrogens is 451 g/mol. The van der Waals surface area contributed by atoms with E-state index in [9.17, 15) is 23.1 Å². The van der Waals surface area contributed by atoms with Crippen molar-refractivity contribution < 1.29 is 27.8 Å². The summed E-state index contributed by atoms with van der Waals surface area (Å²) in [5, 5.41) is 9.27. The van der Waals surface area contributed by atoms with Gasteiger partial charge in [-0.15, -0.1) is 0 Å². The van der Waals surface area contributed by atoms with E-state index in [1.807, 2.05) is 12.1 Å². The molecule has 8 heteroatoms. The van der Waals surface area contributed by atoms with Crippen LogP contribution in [0.4, 0.5) is 13.2 Å². The zero-order chi connectivity index (χ0) is 21.2. The fraction of sp³-hybridized carbons (Fsp3) is 0.381. The standard InChI is InChI=1S/C21H21BrF3NO3/c1-29-18-7-6-16(22)12-17(18)19(26-10-8-14(9-11-26)20(27)28)13-2-4-15(5-3-13)21(23,24)25/h2-7,12,14,19H,8-11H2,1H3,(H,27,28). The first-order valence-corrected chi connectivity index (χ1v) is 9.97. The molecule has 2 aromatic carbocycles. The number of halogens is 4. The summed E-state index contributed by atoms with van der Waals surface area (Å²) in [6.45, 7) is 1.05. The van der Waals surface area contributed by atoms with Crippen LogP contribution in [-0.4, -0.2) is 36.2 Å². The Balaban J connectivity index is 2.01. The van der Waals surface area contributed by atoms with Crippen molar-refractivity contribution in [3.05, 3.63) is 63.6 Å². The van der Waals surface area contributed by atoms with E-state index in [1.54, 1.807) is 13.2 Å². The van der Waals surface area contributed by atoms with Crippen LogP contribution in [0.5, 0.6) is 5.75 Å². The summed E-state index contributed by atoms with van der Waals surface area (Å²) < 4.78 is 45.3. The number of methoxy groups -OCH3 is 1. The number of nitrogens with zero attached hydrogens (tertiary/aromatic N) is 1. The van der Waals surface area contributed by atoms with Gasteiger partial charge in [0, 0.05) is 10.0 Å². The third-order valence-electron chi connectivity index (χ3n) is 5.28. The molecule has 1 aliphatic rings. The topological polar surface area (TPSA) is 49.8 Å². The van der Waals surface area contributed by atoms with Crippen LogP contribution in [0.2, 0.25) is 0 Å². The minimum Gasteiger partial charge on any atom is -0.496 e. The second-order valence-corrected chi connectivity index (χ2v) is 7.97. The second-order valence-electron chi connectivity index (χ2n) is 7.06. The van der Waals surface area contributed by atoms with E-state index in [4.69, 9.17) is 4.74 Å². The Morgan fingerprint density at radius 3 is 2.31 bits per heavy atom. The van der Waals surface area contributed by atoms with Crippen molar-refractivity contribution in [1.29, 1.82) is 0 Å². The highest BCUT2D eigenvalue weighted by Gasteiger charge is 2.33. The minimum atomic E-state index is -4.40. The van der Waals surface area contributed by atoms with Gasteiger partial charge in [-0.25, -0.2) is 0 Å². The number of carboxylic acid groups (broad SMARTS) is 1. The lowest BCUT2D eigenvalue weighted by Crippen LogP contribution is -2.39. The van der Waals surface area contributed by atoms with E-state index in [-0.39, 0.29) is 6.04 Å². The lowest BCUT2D eigenvalue weighted by molar-refractivity contribution is -0.143. The Morgan fingerprint density at radius 2 is 1.79 bits per heavy atom. The molecule has 0 radical (unpaired) electrons. The SMILES string of the molecule is COc1ccc(Br)cc1C(c1ccc(C(F)(F)F)cc1)N1CCC(C(=O)O)CC1. The van der Waals surface area contributed by atoms with Gasteiger partial charge >= 0.3 is 12.1 Å². The Bertz CT molecular complexity index is 862. The molecule has 4 nitrogen and oxygen atoms in total. The van der Waals surface area contributed by atoms with Crippen LogP contribution >= 0.6 is 15.9 Å². The van der Waals surface area contributed by atoms with Gasteiger partial charge in [0.1, 0.15) is 5.75 Å². The summed E-state index contributed by atoms with van der Waals surface area (Å²) in [6, 6.07) is 10.3. The zero-order valence-electron chi connectivity index (χ0n) is 15.7. The first-order chi connectivity index (χ1) is 13.7. The van der Waals surface area contributed by atoms with Crippen molar-refractivity contribution in [2.75, 3.05) is 20.2 Å². The Labute approximate surface area is 175 Å². The van der Waals surface area contributed by atoms with E-state index in [2.05, 4.69) is 20.8 Å². The maximum absolute atomic E-state index is 13.0. The van der Waals surface area contributed by atoms with Crippen molar-refractivity contribution in [2.45, 2.75) is 25.1 Å². The number of hydrogen-bond donors (Lipinski definition) is 1. The number of likely N-dealkylation sites (tertiary alicyclic amines) is 1. The summed E-state index contributed by atoms with van der Waals surface area (Å²) >= 11 is 3.46. The number of hydrogen-bond acceptors (Lipinski definition) is 3. The van der Waals surface area contributed by atoms with E-state index in [1.165, 1.54) is 12.1 Å². The van der Waals surface area contributed by atoms with Gasteiger partial charge in [0.15, 0.2) is 0 Å². The van der Waals surface area contributed by atoms with E-state index in [0.29, 0.717) is 37.2 Å². The van der Waals surface area contributed by atoms with Crippen LogP contribution in [0.3, 0.4) is 0 Å². The number of carboxylic acids is 1. The van der Waals surface area contributed by atoms with Gasteiger partial charge in [-0.3, -0.25) is 9.69 Å². The van der Waals surface area contributed by atoms with Crippen LogP contribution < -0.4 is 4.74 Å². The average Bonchev–Trinajstić information content (AvgIpc) is 2.68. The smallest absolute Gasteiger partial charge is 0.416 e. The van der Waals surface area contributed by atoms with Crippen molar-refractivity contribution in [1.82, 2.24) is 4.90 Å². The largest absolute Gasteiger partial charge is 0.496 e. The van der Waals surface area contributed by atoms with Gasteiger partial charge in [0.25, 0.3) is 0 Å². The summed E-state index contributed by atoms with van der Waals surface area (Å²) in [5.74, 6) is -0.585. The summed E-state index contributed by atoms with van der Waals surface area (Å²) in [5.41, 5.74) is 0.810. The predicted molar refractivity (Wildman–Crippen MR) is 106 cm³/mol. The molecule has 2 aromatic rings. The van der Waals surface area contributed by atoms with Crippen molar-refractivity contribution >= 4 is 21.9 Å². The second kappa shape index (κ2) is 8.75. The normalized spacial score (nSPS) is 17.1. The first kappa shape index (κ1) is 21.6. The van der Waals surface area contributed by atoms with E-state index >= 15 is 0 Å². The van der Waals surface area contributed by atoms with Gasteiger partial charge in [0.05, 0.1) is 24.6 Å². The van der Waals surface area contributed by atoms with Gasteiger partial charge in [-0.2, -0.15) is 13.2 Å². The average molecular weight is 472 g/mol. The molecule has 0 saturated carbocycles. The number of piperidine rings is 1. The predicted octanol–water partition coefficient (Wildman–Crippen LogP) is 5.36. The molecule has 0 aromatic heterocycles. The highest BCUT2D eigenvalue weighted by molar-refractivity contribution is 9.10. The summed E-state index contributed by atoms with van der Waals surface area (Å²) in [4.78, 5) is 13.4. The molecule has 1 unspecified atom stereocenters. The van der Waals surface area contributed by atoms with Gasteiger partial charge in [-0.05, 0) is 61.8 Å². The van der Waals surface area contributed by atoms with E-state index in [0.717, 1.165) is 22.2 Å². The lowest BCUT2D eigenvalue weighted by atomic mass is 9.90. The Hall–Kier alpha value is -2.06. The maximum atomic E-state index is 13.0. The van der Waals surface area contributed by atoms with Crippen LogP contribution in [0.25, 0.3) is 0 Å². The van der Waals surface area contributed by atoms with Crippen LogP contribution in [0.1, 0.15) is 35.6 Å². The van der Waals surface area contributed by atoms with Crippen molar-refractivity contribution in [3.8, 4) is 5.75 Å². The lowest BCUT2D eigenvalue weighted by Gasteiger charge is -2.37. The zero-order valence-corrected chi connectivity index (χ0v) is 17.3. The molecule has 1 saturated heterocycles. The molecule has 1 atom stereocenters. The molecule has 0 bridgehead atoms. The van der Waals surface area contributed by atoms with Crippen LogP contribution in [-0.2, 0) is 11.0 Å². The Morgan fingerprint density at radius 1 is 1.17 bits per heavy atom. The van der Waals surface area contributed by atoms with Gasteiger partial charge in [0.2, 0.25) is 0 Å². The molecule has 1 N–H and O–H groups in total. The Kier molecular flexibility index (Phi) is 6.53. The van der Waals surface area contributed by atoms with E-state index < -0.39 is 23.6 Å². The fourth-order valence-electron chi connectivity index (χ4n) is 3.76. The van der Waals surface area contributed by atoms with Crippen LogP contribution in [0.15, 0.2) is 46.9 Å². The van der Waals surface area contributed by atoms with Crippen molar-refractivity contribution in [2.24, 2.45) is 5.92 Å². The van der Waals surface area contributed by atoms with Crippen LogP contribution in [0, 0.1) is 5.92 Å². The fourth-order valence-corrected chi connectivity index (χ4v) is 4.14. The highest BCUT2D eigenvalue weighted by atomic mass is 79.9. The minimum absolute atomic E-state index is 0.348. The number of benzene rings is 2. The number of ether oxygens (including phenoxy) is 1. The highest BCUT2D eigenvalue weighted by Crippen LogP contribution is 2.39. The molecule has 1 aliphatic heterocycles. The third kappa shape index (κ3) is 4.93. The van der Waals surface area contributed by atoms with Crippen molar-refractivity contribution in [3.63, 3.8) is 0 Å². The monoisotopic (exact) mass is 471 g/mol. The maximum Gasteiger partial charge on any atom is 0.416 e. The number of aliphatic carboxylic acids is 1. The molecule has 3 rings (SSSR count). The third-order valence-corrected chi connectivity index (χ3v) is 5.78. The molecule has 29 heavy (non-hydrogen) atoms. The number of alkyl halides is 3. The summed E-state index contributed by atoms with van der Waals surface area (Å²) in [6.07, 6.45) is -3.42. The molecular formula is C21H21BrF3NO3. The number of carbonyl (C=O) groups is 1. The molecule has 0 spiro atoms. The molecule has 0 amide bonds. The molecule has 0 aliphatic carbocycles. The van der Waals surface area contributed by atoms with Gasteiger partial charge < -0.3 is 9.84 Å².